The number of aromatic nitrogens is 1. The number of hydrogen-bond acceptors (Lipinski definition) is 3. The molecule has 0 radical (unpaired) electrons. The standard InChI is InChI=1S/C19H16ClFN2O3/c1-9(18(22)25)15-10(2)23(13-7-8-14(24)17(21)16(13)15)19(26)11-3-5-12(20)6-4-11/h3-9,24H,1-2H3,(H2,22,25)/t9-/m1/s1. The van der Waals surface area contributed by atoms with Crippen LogP contribution in [0.3, 0.4) is 0 Å². The highest BCUT2D eigenvalue weighted by Gasteiger charge is 2.28. The quantitative estimate of drug-likeness (QED) is 0.732. The summed E-state index contributed by atoms with van der Waals surface area (Å²) in [5.41, 5.74) is 6.66. The third kappa shape index (κ3) is 2.72. The molecule has 134 valence electrons. The van der Waals surface area contributed by atoms with Crippen LogP contribution in [0, 0.1) is 12.7 Å². The van der Waals surface area contributed by atoms with E-state index < -0.39 is 29.3 Å². The zero-order valence-electron chi connectivity index (χ0n) is 14.1. The third-order valence-corrected chi connectivity index (χ3v) is 4.74. The summed E-state index contributed by atoms with van der Waals surface area (Å²) in [6.45, 7) is 3.14. The minimum atomic E-state index is -0.892. The minimum Gasteiger partial charge on any atom is -0.505 e. The first-order valence-corrected chi connectivity index (χ1v) is 8.23. The Balaban J connectivity index is 2.34. The van der Waals surface area contributed by atoms with E-state index in [1.54, 1.807) is 31.2 Å². The lowest BCUT2D eigenvalue weighted by molar-refractivity contribution is -0.119. The van der Waals surface area contributed by atoms with Crippen LogP contribution in [-0.2, 0) is 4.79 Å². The number of nitrogens with two attached hydrogens (primary N) is 1. The molecule has 1 amide bonds. The molecule has 7 heteroatoms. The van der Waals surface area contributed by atoms with E-state index in [1.807, 2.05) is 0 Å². The lowest BCUT2D eigenvalue weighted by Gasteiger charge is -2.10. The Labute approximate surface area is 153 Å². The molecule has 5 nitrogen and oxygen atoms in total. The number of carbonyl (C=O) groups is 2. The summed E-state index contributed by atoms with van der Waals surface area (Å²) in [5.74, 6) is -3.36. The Morgan fingerprint density at radius 2 is 1.81 bits per heavy atom. The topological polar surface area (TPSA) is 85.3 Å². The molecule has 2 aromatic carbocycles. The Hall–Kier alpha value is -2.86. The molecule has 1 atom stereocenters. The molecule has 3 aromatic rings. The van der Waals surface area contributed by atoms with Gasteiger partial charge in [-0.1, -0.05) is 11.6 Å². The van der Waals surface area contributed by atoms with Crippen molar-refractivity contribution in [1.82, 2.24) is 4.57 Å². The van der Waals surface area contributed by atoms with Crippen molar-refractivity contribution in [2.45, 2.75) is 19.8 Å². The van der Waals surface area contributed by atoms with Crippen molar-refractivity contribution < 1.29 is 19.1 Å². The number of benzene rings is 2. The van der Waals surface area contributed by atoms with Gasteiger partial charge in [0.05, 0.1) is 11.4 Å². The second-order valence-corrected chi connectivity index (χ2v) is 6.50. The number of halogens is 2. The summed E-state index contributed by atoms with van der Waals surface area (Å²) in [6.07, 6.45) is 0. The summed E-state index contributed by atoms with van der Waals surface area (Å²) in [4.78, 5) is 24.7. The van der Waals surface area contributed by atoms with E-state index in [-0.39, 0.29) is 16.5 Å². The number of aromatic hydroxyl groups is 1. The minimum absolute atomic E-state index is 0.0103. The van der Waals surface area contributed by atoms with Gasteiger partial charge in [-0.25, -0.2) is 4.39 Å². The van der Waals surface area contributed by atoms with E-state index >= 15 is 0 Å². The van der Waals surface area contributed by atoms with E-state index in [0.29, 0.717) is 16.3 Å². The highest BCUT2D eigenvalue weighted by Crippen LogP contribution is 2.37. The molecular weight excluding hydrogens is 359 g/mol. The Morgan fingerprint density at radius 1 is 1.19 bits per heavy atom. The van der Waals surface area contributed by atoms with Crippen molar-refractivity contribution in [3.05, 3.63) is 64.1 Å². The van der Waals surface area contributed by atoms with Gasteiger partial charge in [-0.05, 0) is 55.8 Å². The van der Waals surface area contributed by atoms with Crippen LogP contribution in [0.1, 0.15) is 34.5 Å². The van der Waals surface area contributed by atoms with E-state index in [2.05, 4.69) is 0 Å². The molecule has 3 N–H and O–H groups in total. The molecule has 0 bridgehead atoms. The van der Waals surface area contributed by atoms with Crippen molar-refractivity contribution in [2.75, 3.05) is 0 Å². The van der Waals surface area contributed by atoms with E-state index in [1.165, 1.54) is 23.6 Å². The van der Waals surface area contributed by atoms with Gasteiger partial charge in [0.2, 0.25) is 5.91 Å². The number of primary amides is 1. The van der Waals surface area contributed by atoms with Crippen LogP contribution in [0.5, 0.6) is 5.75 Å². The maximum atomic E-state index is 14.7. The van der Waals surface area contributed by atoms with Gasteiger partial charge in [-0.15, -0.1) is 0 Å². The monoisotopic (exact) mass is 374 g/mol. The summed E-state index contributed by atoms with van der Waals surface area (Å²) in [7, 11) is 0. The molecule has 0 saturated heterocycles. The van der Waals surface area contributed by atoms with Gasteiger partial charge >= 0.3 is 0 Å². The average Bonchev–Trinajstić information content (AvgIpc) is 2.90. The van der Waals surface area contributed by atoms with Gasteiger partial charge in [0.1, 0.15) is 0 Å². The van der Waals surface area contributed by atoms with Gasteiger partial charge in [0, 0.05) is 21.7 Å². The summed E-state index contributed by atoms with van der Waals surface area (Å²) < 4.78 is 16.0. The predicted octanol–water partition coefficient (Wildman–Crippen LogP) is 3.73. The molecule has 0 fully saturated rings. The fourth-order valence-electron chi connectivity index (χ4n) is 3.13. The number of phenolic OH excluding ortho intramolecular Hbond substituents is 1. The fraction of sp³-hybridized carbons (Fsp3) is 0.158. The molecule has 26 heavy (non-hydrogen) atoms. The second kappa shape index (κ2) is 6.46. The molecule has 1 aromatic heterocycles. The molecular formula is C19H16ClFN2O3. The molecule has 0 aliphatic heterocycles. The SMILES string of the molecule is Cc1c([C@@H](C)C(N)=O)c2c(F)c(O)ccc2n1C(=O)c1ccc(Cl)cc1. The number of fused-ring (bicyclic) bond motifs is 1. The van der Waals surface area contributed by atoms with Crippen LogP contribution in [0.15, 0.2) is 36.4 Å². The molecule has 0 spiro atoms. The number of rotatable bonds is 3. The van der Waals surface area contributed by atoms with Crippen molar-refractivity contribution >= 4 is 34.3 Å². The molecule has 0 unspecified atom stereocenters. The van der Waals surface area contributed by atoms with Crippen molar-refractivity contribution in [3.63, 3.8) is 0 Å². The lowest BCUT2D eigenvalue weighted by Crippen LogP contribution is -2.20. The van der Waals surface area contributed by atoms with Gasteiger partial charge < -0.3 is 10.8 Å². The first-order valence-electron chi connectivity index (χ1n) is 7.86. The molecule has 0 saturated carbocycles. The third-order valence-electron chi connectivity index (χ3n) is 4.49. The number of hydrogen-bond donors (Lipinski definition) is 2. The summed E-state index contributed by atoms with van der Waals surface area (Å²) in [6, 6.07) is 8.88. The lowest BCUT2D eigenvalue weighted by atomic mass is 9.97. The highest BCUT2D eigenvalue weighted by atomic mass is 35.5. The van der Waals surface area contributed by atoms with Gasteiger partial charge in [0.25, 0.3) is 5.91 Å². The van der Waals surface area contributed by atoms with Crippen molar-refractivity contribution in [3.8, 4) is 5.75 Å². The first kappa shape index (κ1) is 17.9. The number of phenols is 1. The van der Waals surface area contributed by atoms with Crippen LogP contribution in [0.2, 0.25) is 5.02 Å². The molecule has 3 rings (SSSR count). The smallest absolute Gasteiger partial charge is 0.262 e. The summed E-state index contributed by atoms with van der Waals surface area (Å²) >= 11 is 5.86. The average molecular weight is 375 g/mol. The van der Waals surface area contributed by atoms with E-state index in [0.717, 1.165) is 0 Å². The first-order chi connectivity index (χ1) is 12.2. The van der Waals surface area contributed by atoms with E-state index in [4.69, 9.17) is 17.3 Å². The van der Waals surface area contributed by atoms with E-state index in [9.17, 15) is 19.1 Å². The number of nitrogens with zero attached hydrogens (tertiary/aromatic N) is 1. The van der Waals surface area contributed by atoms with Crippen molar-refractivity contribution in [2.24, 2.45) is 5.73 Å². The van der Waals surface area contributed by atoms with Crippen LogP contribution in [-0.4, -0.2) is 21.5 Å². The normalized spacial score (nSPS) is 12.3. The van der Waals surface area contributed by atoms with Gasteiger partial charge in [-0.3, -0.25) is 14.2 Å². The maximum absolute atomic E-state index is 14.7. The summed E-state index contributed by atoms with van der Waals surface area (Å²) in [5, 5.41) is 10.2. The highest BCUT2D eigenvalue weighted by molar-refractivity contribution is 6.30. The number of amides is 1. The largest absolute Gasteiger partial charge is 0.505 e. The Morgan fingerprint density at radius 3 is 2.38 bits per heavy atom. The van der Waals surface area contributed by atoms with Crippen LogP contribution < -0.4 is 5.73 Å². The second-order valence-electron chi connectivity index (χ2n) is 6.06. The van der Waals surface area contributed by atoms with Crippen LogP contribution >= 0.6 is 11.6 Å². The molecule has 1 heterocycles. The van der Waals surface area contributed by atoms with Gasteiger partial charge in [0.15, 0.2) is 11.6 Å². The zero-order chi connectivity index (χ0) is 19.2. The van der Waals surface area contributed by atoms with Crippen molar-refractivity contribution in [1.29, 1.82) is 0 Å². The maximum Gasteiger partial charge on any atom is 0.262 e. The Bertz CT molecular complexity index is 1040. The van der Waals surface area contributed by atoms with Crippen LogP contribution in [0.4, 0.5) is 4.39 Å². The molecule has 0 aliphatic carbocycles. The van der Waals surface area contributed by atoms with Crippen LogP contribution in [0.25, 0.3) is 10.9 Å². The van der Waals surface area contributed by atoms with Gasteiger partial charge in [-0.2, -0.15) is 0 Å². The number of carbonyl (C=O) groups excluding carboxylic acids is 2. The molecule has 0 aliphatic rings. The Kier molecular flexibility index (Phi) is 4.46. The fourth-order valence-corrected chi connectivity index (χ4v) is 3.26. The predicted molar refractivity (Wildman–Crippen MR) is 97.1 cm³/mol. The zero-order valence-corrected chi connectivity index (χ0v) is 14.8.